The van der Waals surface area contributed by atoms with Crippen molar-refractivity contribution in [1.82, 2.24) is 5.16 Å². The van der Waals surface area contributed by atoms with Crippen LogP contribution in [0.2, 0.25) is 0 Å². The number of nitriles is 1. The summed E-state index contributed by atoms with van der Waals surface area (Å²) in [5.41, 5.74) is 5.75. The zero-order valence-corrected chi connectivity index (χ0v) is 9.22. The first-order chi connectivity index (χ1) is 6.72. The lowest BCUT2D eigenvalue weighted by molar-refractivity contribution is 0.436. The normalized spacial score (nSPS) is 10.0. The standard InChI is InChI=1S/C8H4BrN3OS/c9-6-2-1-5(14-6)7-4(3-10)8(11)12-13-7/h1-2H,(H2,11,12). The van der Waals surface area contributed by atoms with Crippen LogP contribution in [0.15, 0.2) is 20.4 Å². The molecule has 0 bridgehead atoms. The summed E-state index contributed by atoms with van der Waals surface area (Å²) in [7, 11) is 0. The third-order valence-corrected chi connectivity index (χ3v) is 3.25. The minimum absolute atomic E-state index is 0.132. The Hall–Kier alpha value is -1.32. The highest BCUT2D eigenvalue weighted by molar-refractivity contribution is 9.11. The van der Waals surface area contributed by atoms with Gasteiger partial charge in [-0.1, -0.05) is 5.16 Å². The lowest BCUT2D eigenvalue weighted by atomic mass is 10.2. The number of nitrogens with zero attached hydrogens (tertiary/aromatic N) is 2. The van der Waals surface area contributed by atoms with Gasteiger partial charge in [-0.05, 0) is 28.1 Å². The molecule has 0 aliphatic rings. The van der Waals surface area contributed by atoms with Gasteiger partial charge in [-0.15, -0.1) is 11.3 Å². The van der Waals surface area contributed by atoms with Crippen LogP contribution in [0.3, 0.4) is 0 Å². The highest BCUT2D eigenvalue weighted by atomic mass is 79.9. The molecule has 14 heavy (non-hydrogen) atoms. The molecule has 0 aliphatic heterocycles. The number of rotatable bonds is 1. The summed E-state index contributed by atoms with van der Waals surface area (Å²) in [6.45, 7) is 0. The van der Waals surface area contributed by atoms with Crippen LogP contribution in [0, 0.1) is 11.3 Å². The van der Waals surface area contributed by atoms with E-state index >= 15 is 0 Å². The summed E-state index contributed by atoms with van der Waals surface area (Å²) >= 11 is 4.78. The highest BCUT2D eigenvalue weighted by Gasteiger charge is 2.16. The molecule has 4 nitrogen and oxygen atoms in total. The zero-order chi connectivity index (χ0) is 10.1. The summed E-state index contributed by atoms with van der Waals surface area (Å²) in [5.74, 6) is 0.563. The molecule has 2 aromatic heterocycles. The van der Waals surface area contributed by atoms with Gasteiger partial charge in [-0.25, -0.2) is 0 Å². The zero-order valence-electron chi connectivity index (χ0n) is 6.82. The van der Waals surface area contributed by atoms with Crippen molar-refractivity contribution >= 4 is 33.1 Å². The van der Waals surface area contributed by atoms with E-state index in [1.54, 1.807) is 0 Å². The van der Waals surface area contributed by atoms with Crippen LogP contribution in [0.5, 0.6) is 0 Å². The average molecular weight is 270 g/mol. The maximum absolute atomic E-state index is 8.82. The molecule has 0 saturated carbocycles. The smallest absolute Gasteiger partial charge is 0.196 e. The minimum atomic E-state index is 0.132. The fourth-order valence-corrected chi connectivity index (χ4v) is 2.38. The Balaban J connectivity index is 2.58. The van der Waals surface area contributed by atoms with Crippen LogP contribution in [-0.4, -0.2) is 5.16 Å². The molecule has 0 aromatic carbocycles. The first-order valence-corrected chi connectivity index (χ1v) is 5.24. The van der Waals surface area contributed by atoms with Crippen LogP contribution in [0.4, 0.5) is 5.82 Å². The second-order valence-electron chi connectivity index (χ2n) is 2.49. The molecular weight excluding hydrogens is 266 g/mol. The molecule has 2 heterocycles. The SMILES string of the molecule is N#Cc1c(N)noc1-c1ccc(Br)s1. The van der Waals surface area contributed by atoms with Gasteiger partial charge in [-0.3, -0.25) is 0 Å². The Bertz CT molecular complexity index is 511. The Morgan fingerprint density at radius 1 is 1.57 bits per heavy atom. The number of nitrogens with two attached hydrogens (primary N) is 1. The van der Waals surface area contributed by atoms with E-state index in [0.29, 0.717) is 11.3 Å². The van der Waals surface area contributed by atoms with Crippen molar-refractivity contribution in [2.45, 2.75) is 0 Å². The summed E-state index contributed by atoms with van der Waals surface area (Å²) < 4.78 is 5.94. The molecular formula is C8H4BrN3OS. The van der Waals surface area contributed by atoms with E-state index in [2.05, 4.69) is 21.1 Å². The molecule has 0 saturated heterocycles. The van der Waals surface area contributed by atoms with E-state index in [1.165, 1.54) is 11.3 Å². The van der Waals surface area contributed by atoms with Crippen molar-refractivity contribution in [3.63, 3.8) is 0 Å². The van der Waals surface area contributed by atoms with E-state index < -0.39 is 0 Å². The lowest BCUT2D eigenvalue weighted by Crippen LogP contribution is -1.86. The van der Waals surface area contributed by atoms with E-state index in [0.717, 1.165) is 8.66 Å². The topological polar surface area (TPSA) is 75.8 Å². The average Bonchev–Trinajstić information content (AvgIpc) is 2.71. The van der Waals surface area contributed by atoms with Crippen LogP contribution < -0.4 is 5.73 Å². The molecule has 0 spiro atoms. The maximum Gasteiger partial charge on any atom is 0.196 e. The first-order valence-electron chi connectivity index (χ1n) is 3.63. The van der Waals surface area contributed by atoms with Crippen LogP contribution in [0.25, 0.3) is 10.6 Å². The molecule has 2 rings (SSSR count). The van der Waals surface area contributed by atoms with Crippen LogP contribution in [-0.2, 0) is 0 Å². The maximum atomic E-state index is 8.82. The Kier molecular flexibility index (Phi) is 2.27. The van der Waals surface area contributed by atoms with Gasteiger partial charge in [-0.2, -0.15) is 5.26 Å². The molecule has 2 N–H and O–H groups in total. The summed E-state index contributed by atoms with van der Waals surface area (Å²) in [4.78, 5) is 0.831. The predicted octanol–water partition coefficient (Wildman–Crippen LogP) is 2.62. The Morgan fingerprint density at radius 2 is 2.36 bits per heavy atom. The molecule has 0 atom stereocenters. The number of thiophene rings is 1. The molecule has 0 amide bonds. The number of hydrogen-bond donors (Lipinski definition) is 1. The van der Waals surface area contributed by atoms with Gasteiger partial charge in [0.15, 0.2) is 11.6 Å². The number of halogens is 1. The van der Waals surface area contributed by atoms with Gasteiger partial charge in [0, 0.05) is 0 Å². The van der Waals surface area contributed by atoms with E-state index in [-0.39, 0.29) is 5.82 Å². The second kappa shape index (κ2) is 3.44. The number of nitrogen functional groups attached to an aromatic ring is 1. The molecule has 0 aliphatic carbocycles. The third-order valence-electron chi connectivity index (χ3n) is 1.63. The molecule has 70 valence electrons. The molecule has 0 unspecified atom stereocenters. The monoisotopic (exact) mass is 269 g/mol. The van der Waals surface area contributed by atoms with Crippen molar-refractivity contribution in [2.24, 2.45) is 0 Å². The predicted molar refractivity (Wildman–Crippen MR) is 56.6 cm³/mol. The first kappa shape index (κ1) is 9.24. The molecule has 0 fully saturated rings. The van der Waals surface area contributed by atoms with Crippen LogP contribution in [0.1, 0.15) is 5.56 Å². The van der Waals surface area contributed by atoms with Crippen molar-refractivity contribution in [3.8, 4) is 16.7 Å². The van der Waals surface area contributed by atoms with Gasteiger partial charge >= 0.3 is 0 Å². The van der Waals surface area contributed by atoms with Gasteiger partial charge in [0.2, 0.25) is 0 Å². The molecule has 6 heteroatoms. The number of aromatic nitrogens is 1. The third kappa shape index (κ3) is 1.41. The second-order valence-corrected chi connectivity index (χ2v) is 4.95. The van der Waals surface area contributed by atoms with E-state index in [9.17, 15) is 0 Å². The van der Waals surface area contributed by atoms with Crippen molar-refractivity contribution in [3.05, 3.63) is 21.5 Å². The summed E-state index contributed by atoms with van der Waals surface area (Å²) in [6.07, 6.45) is 0. The largest absolute Gasteiger partial charge is 0.380 e. The van der Waals surface area contributed by atoms with Gasteiger partial charge in [0.25, 0.3) is 0 Å². The quantitative estimate of drug-likeness (QED) is 0.864. The number of anilines is 1. The van der Waals surface area contributed by atoms with Crippen molar-refractivity contribution in [2.75, 3.05) is 5.73 Å². The van der Waals surface area contributed by atoms with Gasteiger partial charge in [0.05, 0.1) is 8.66 Å². The molecule has 2 aromatic rings. The molecule has 0 radical (unpaired) electrons. The van der Waals surface area contributed by atoms with Crippen molar-refractivity contribution < 1.29 is 4.52 Å². The number of hydrogen-bond acceptors (Lipinski definition) is 5. The van der Waals surface area contributed by atoms with Gasteiger partial charge in [0.1, 0.15) is 11.6 Å². The van der Waals surface area contributed by atoms with E-state index in [4.69, 9.17) is 15.5 Å². The highest BCUT2D eigenvalue weighted by Crippen LogP contribution is 2.34. The lowest BCUT2D eigenvalue weighted by Gasteiger charge is -1.87. The van der Waals surface area contributed by atoms with Crippen LogP contribution >= 0.6 is 27.3 Å². The summed E-state index contributed by atoms with van der Waals surface area (Å²) in [6, 6.07) is 5.68. The Morgan fingerprint density at radius 3 is 2.93 bits per heavy atom. The van der Waals surface area contributed by atoms with Gasteiger partial charge < -0.3 is 10.3 Å². The Labute approximate surface area is 92.1 Å². The summed E-state index contributed by atoms with van der Waals surface area (Å²) in [5, 5.41) is 12.4. The fourth-order valence-electron chi connectivity index (χ4n) is 1.01. The fraction of sp³-hybridized carbons (Fsp3) is 0. The minimum Gasteiger partial charge on any atom is -0.380 e. The van der Waals surface area contributed by atoms with E-state index in [1.807, 2.05) is 18.2 Å². The van der Waals surface area contributed by atoms with Crippen molar-refractivity contribution in [1.29, 1.82) is 5.26 Å².